The predicted octanol–water partition coefficient (Wildman–Crippen LogP) is 1.14. The van der Waals surface area contributed by atoms with E-state index in [4.69, 9.17) is 0 Å². The average Bonchev–Trinajstić information content (AvgIpc) is 2.48. The molecule has 0 saturated carbocycles. The molecule has 0 amide bonds. The lowest BCUT2D eigenvalue weighted by molar-refractivity contribution is 0.604. The largest absolute Gasteiger partial charge is 0.268 e. The Morgan fingerprint density at radius 2 is 2.23 bits per heavy atom. The van der Waals surface area contributed by atoms with Gasteiger partial charge in [-0.15, -0.1) is 16.9 Å². The van der Waals surface area contributed by atoms with Crippen molar-refractivity contribution in [2.75, 3.05) is 5.75 Å². The first-order valence-electron chi connectivity index (χ1n) is 4.04. The van der Waals surface area contributed by atoms with Crippen molar-refractivity contribution < 1.29 is 0 Å². The molecule has 0 unspecified atom stereocenters. The van der Waals surface area contributed by atoms with Gasteiger partial charge >= 0.3 is 0 Å². The lowest BCUT2D eigenvalue weighted by atomic mass is 10.1. The fraction of sp³-hybridized carbons (Fsp3) is 0.500. The summed E-state index contributed by atoms with van der Waals surface area (Å²) in [5, 5.41) is 8.58. The van der Waals surface area contributed by atoms with Crippen molar-refractivity contribution in [3.8, 4) is 0 Å². The van der Waals surface area contributed by atoms with E-state index in [1.165, 1.54) is 0 Å². The fourth-order valence-corrected chi connectivity index (χ4v) is 2.13. The van der Waals surface area contributed by atoms with E-state index in [0.717, 1.165) is 10.8 Å². The molecule has 0 bridgehead atoms. The second-order valence-corrected chi connectivity index (χ2v) is 4.45. The van der Waals surface area contributed by atoms with Crippen LogP contribution >= 0.6 is 11.8 Å². The zero-order valence-electron chi connectivity index (χ0n) is 7.56. The number of thioether (sulfide) groups is 1. The maximum absolute atomic E-state index is 4.51. The highest BCUT2D eigenvalue weighted by atomic mass is 32.2. The molecule has 2 rings (SSSR count). The lowest BCUT2D eigenvalue weighted by Crippen LogP contribution is -2.15. The van der Waals surface area contributed by atoms with Gasteiger partial charge in [-0.2, -0.15) is 5.10 Å². The first-order chi connectivity index (χ1) is 6.17. The number of rotatable bonds is 1. The van der Waals surface area contributed by atoms with E-state index in [2.05, 4.69) is 34.0 Å². The molecule has 2 heterocycles. The highest BCUT2D eigenvalue weighted by molar-refractivity contribution is 8.14. The minimum absolute atomic E-state index is 0.0131. The average molecular weight is 194 g/mol. The standard InChI is InChI=1S/C8H10N4S/c1-8(2)5-13-7(11-8)6-9-3-4-10-12-6/h3-4H,5H2,1-2H3. The molecular formula is C8H10N4S. The number of hydrogen-bond donors (Lipinski definition) is 0. The van der Waals surface area contributed by atoms with Crippen LogP contribution in [-0.2, 0) is 0 Å². The molecule has 0 spiro atoms. The van der Waals surface area contributed by atoms with E-state index < -0.39 is 0 Å². The van der Waals surface area contributed by atoms with E-state index in [9.17, 15) is 0 Å². The zero-order valence-corrected chi connectivity index (χ0v) is 8.38. The Morgan fingerprint density at radius 1 is 1.38 bits per heavy atom. The van der Waals surface area contributed by atoms with Crippen LogP contribution in [0, 0.1) is 0 Å². The quantitative estimate of drug-likeness (QED) is 0.672. The molecule has 0 radical (unpaired) electrons. The molecule has 0 saturated heterocycles. The van der Waals surface area contributed by atoms with Crippen LogP contribution < -0.4 is 0 Å². The van der Waals surface area contributed by atoms with E-state index in [1.807, 2.05) is 0 Å². The highest BCUT2D eigenvalue weighted by Crippen LogP contribution is 2.28. The first kappa shape index (κ1) is 8.62. The summed E-state index contributed by atoms with van der Waals surface area (Å²) < 4.78 is 0. The van der Waals surface area contributed by atoms with Crippen molar-refractivity contribution in [2.24, 2.45) is 4.99 Å². The van der Waals surface area contributed by atoms with E-state index >= 15 is 0 Å². The SMILES string of the molecule is CC1(C)CSC(c2nccnn2)=N1. The summed E-state index contributed by atoms with van der Waals surface area (Å²) in [7, 11) is 0. The minimum Gasteiger partial charge on any atom is -0.268 e. The molecule has 5 heteroatoms. The van der Waals surface area contributed by atoms with Crippen LogP contribution in [0.1, 0.15) is 19.7 Å². The number of hydrogen-bond acceptors (Lipinski definition) is 5. The lowest BCUT2D eigenvalue weighted by Gasteiger charge is -2.09. The van der Waals surface area contributed by atoms with Gasteiger partial charge in [-0.05, 0) is 13.8 Å². The van der Waals surface area contributed by atoms with Crippen LogP contribution in [0.5, 0.6) is 0 Å². The van der Waals surface area contributed by atoms with Crippen LogP contribution in [0.25, 0.3) is 0 Å². The Kier molecular flexibility index (Phi) is 2.03. The summed E-state index contributed by atoms with van der Waals surface area (Å²) in [5.74, 6) is 1.62. The fourth-order valence-electron chi connectivity index (χ4n) is 1.04. The molecule has 0 atom stereocenters. The molecule has 1 aromatic heterocycles. The Bertz CT molecular complexity index is 333. The predicted molar refractivity (Wildman–Crippen MR) is 52.9 cm³/mol. The third-order valence-corrected chi connectivity index (χ3v) is 3.04. The molecule has 0 aromatic carbocycles. The second-order valence-electron chi connectivity index (χ2n) is 3.48. The van der Waals surface area contributed by atoms with Crippen LogP contribution in [0.2, 0.25) is 0 Å². The van der Waals surface area contributed by atoms with Crippen molar-refractivity contribution in [3.05, 3.63) is 18.2 Å². The van der Waals surface area contributed by atoms with Gasteiger partial charge in [-0.3, -0.25) is 4.99 Å². The van der Waals surface area contributed by atoms with Crippen molar-refractivity contribution in [3.63, 3.8) is 0 Å². The summed E-state index contributed by atoms with van der Waals surface area (Å²) in [4.78, 5) is 8.61. The third-order valence-electron chi connectivity index (χ3n) is 1.64. The van der Waals surface area contributed by atoms with Gasteiger partial charge in [0.1, 0.15) is 5.04 Å². The number of nitrogens with zero attached hydrogens (tertiary/aromatic N) is 4. The molecule has 0 N–H and O–H groups in total. The number of aromatic nitrogens is 3. The topological polar surface area (TPSA) is 51.0 Å². The van der Waals surface area contributed by atoms with Crippen molar-refractivity contribution >= 4 is 16.8 Å². The molecule has 0 fully saturated rings. The maximum atomic E-state index is 4.51. The van der Waals surface area contributed by atoms with Crippen molar-refractivity contribution in [2.45, 2.75) is 19.4 Å². The van der Waals surface area contributed by atoms with Gasteiger partial charge in [-0.25, -0.2) is 4.98 Å². The van der Waals surface area contributed by atoms with Crippen LogP contribution in [0.3, 0.4) is 0 Å². The van der Waals surface area contributed by atoms with Crippen molar-refractivity contribution in [1.82, 2.24) is 15.2 Å². The van der Waals surface area contributed by atoms with Gasteiger partial charge in [0.15, 0.2) is 0 Å². The maximum Gasteiger partial charge on any atom is 0.206 e. The Hall–Kier alpha value is -0.970. The van der Waals surface area contributed by atoms with Gasteiger partial charge in [0.2, 0.25) is 5.82 Å². The molecule has 68 valence electrons. The summed E-state index contributed by atoms with van der Waals surface area (Å²) >= 11 is 1.69. The second kappa shape index (κ2) is 3.06. The Labute approximate surface area is 80.9 Å². The summed E-state index contributed by atoms with van der Waals surface area (Å²) in [6, 6.07) is 0. The van der Waals surface area contributed by atoms with Gasteiger partial charge in [0, 0.05) is 11.9 Å². The van der Waals surface area contributed by atoms with Crippen LogP contribution in [-0.4, -0.2) is 31.5 Å². The van der Waals surface area contributed by atoms with Gasteiger partial charge < -0.3 is 0 Å². The Morgan fingerprint density at radius 3 is 2.77 bits per heavy atom. The summed E-state index contributed by atoms with van der Waals surface area (Å²) in [6.45, 7) is 4.20. The van der Waals surface area contributed by atoms with Gasteiger partial charge in [0.05, 0.1) is 11.7 Å². The third kappa shape index (κ3) is 1.85. The summed E-state index contributed by atoms with van der Waals surface area (Å²) in [6.07, 6.45) is 3.20. The highest BCUT2D eigenvalue weighted by Gasteiger charge is 2.27. The molecule has 1 aromatic rings. The normalized spacial score (nSPS) is 20.0. The Balaban J connectivity index is 2.30. The van der Waals surface area contributed by atoms with Crippen LogP contribution in [0.4, 0.5) is 0 Å². The van der Waals surface area contributed by atoms with Crippen LogP contribution in [0.15, 0.2) is 17.4 Å². The van der Waals surface area contributed by atoms with E-state index in [1.54, 1.807) is 24.2 Å². The first-order valence-corrected chi connectivity index (χ1v) is 5.03. The minimum atomic E-state index is 0.0131. The molecule has 4 nitrogen and oxygen atoms in total. The van der Waals surface area contributed by atoms with E-state index in [0.29, 0.717) is 5.82 Å². The molecule has 0 aliphatic carbocycles. The monoisotopic (exact) mass is 194 g/mol. The smallest absolute Gasteiger partial charge is 0.206 e. The van der Waals surface area contributed by atoms with Crippen molar-refractivity contribution in [1.29, 1.82) is 0 Å². The van der Waals surface area contributed by atoms with Gasteiger partial charge in [-0.1, -0.05) is 0 Å². The molecule has 1 aliphatic rings. The molecule has 1 aliphatic heterocycles. The molecule has 13 heavy (non-hydrogen) atoms. The number of aliphatic imine (C=N–C) groups is 1. The van der Waals surface area contributed by atoms with Gasteiger partial charge in [0.25, 0.3) is 0 Å². The molecular weight excluding hydrogens is 184 g/mol. The van der Waals surface area contributed by atoms with E-state index in [-0.39, 0.29) is 5.54 Å². The zero-order chi connectivity index (χ0) is 9.31. The summed E-state index contributed by atoms with van der Waals surface area (Å²) in [5.41, 5.74) is 0.0131.